The van der Waals surface area contributed by atoms with Crippen LogP contribution in [0, 0.1) is 13.8 Å². The summed E-state index contributed by atoms with van der Waals surface area (Å²) in [5.74, 6) is 0.717. The normalized spacial score (nSPS) is 12.0. The molecule has 0 saturated carbocycles. The first-order valence-electron chi connectivity index (χ1n) is 6.73. The molecule has 0 aromatic heterocycles. The number of hydrogen-bond acceptors (Lipinski definition) is 3. The van der Waals surface area contributed by atoms with Gasteiger partial charge in [-0.15, -0.1) is 0 Å². The SMILES string of the molecule is COc1ccc(C)cc1C(O)CNc1cccc(C)c1. The Balaban J connectivity index is 2.08. The molecule has 3 nitrogen and oxygen atoms in total. The third-order valence-electron chi connectivity index (χ3n) is 3.26. The number of aliphatic hydroxyl groups is 1. The second-order valence-electron chi connectivity index (χ2n) is 5.01. The van der Waals surface area contributed by atoms with Crippen molar-refractivity contribution in [2.45, 2.75) is 20.0 Å². The first kappa shape index (κ1) is 14.4. The molecule has 0 heterocycles. The molecule has 0 aliphatic rings. The lowest BCUT2D eigenvalue weighted by Gasteiger charge is -2.17. The zero-order chi connectivity index (χ0) is 14.5. The molecule has 0 radical (unpaired) electrons. The van der Waals surface area contributed by atoms with Crippen LogP contribution in [-0.2, 0) is 0 Å². The minimum absolute atomic E-state index is 0.448. The number of anilines is 1. The van der Waals surface area contributed by atoms with Crippen LogP contribution >= 0.6 is 0 Å². The third-order valence-corrected chi connectivity index (χ3v) is 3.26. The Hall–Kier alpha value is -2.00. The summed E-state index contributed by atoms with van der Waals surface area (Å²) < 4.78 is 5.30. The molecule has 0 bridgehead atoms. The first-order chi connectivity index (χ1) is 9.60. The molecule has 0 aliphatic carbocycles. The molecule has 3 heteroatoms. The number of hydrogen-bond donors (Lipinski definition) is 2. The van der Waals surface area contributed by atoms with Gasteiger partial charge in [0, 0.05) is 17.8 Å². The van der Waals surface area contributed by atoms with Gasteiger partial charge in [-0.1, -0.05) is 23.8 Å². The lowest BCUT2D eigenvalue weighted by Crippen LogP contribution is -2.13. The van der Waals surface area contributed by atoms with Gasteiger partial charge in [0.15, 0.2) is 0 Å². The summed E-state index contributed by atoms with van der Waals surface area (Å²) in [5, 5.41) is 13.6. The van der Waals surface area contributed by atoms with Gasteiger partial charge < -0.3 is 15.2 Å². The maximum Gasteiger partial charge on any atom is 0.124 e. The van der Waals surface area contributed by atoms with E-state index < -0.39 is 6.10 Å². The van der Waals surface area contributed by atoms with Crippen molar-refractivity contribution < 1.29 is 9.84 Å². The van der Waals surface area contributed by atoms with Crippen molar-refractivity contribution in [3.63, 3.8) is 0 Å². The van der Waals surface area contributed by atoms with Gasteiger partial charge in [0.2, 0.25) is 0 Å². The molecule has 0 fully saturated rings. The summed E-state index contributed by atoms with van der Waals surface area (Å²) in [6.07, 6.45) is -0.606. The van der Waals surface area contributed by atoms with E-state index in [1.54, 1.807) is 7.11 Å². The van der Waals surface area contributed by atoms with Crippen LogP contribution in [0.25, 0.3) is 0 Å². The highest BCUT2D eigenvalue weighted by Crippen LogP contribution is 2.26. The van der Waals surface area contributed by atoms with Crippen LogP contribution in [0.4, 0.5) is 5.69 Å². The Morgan fingerprint density at radius 2 is 1.85 bits per heavy atom. The molecular weight excluding hydrogens is 250 g/mol. The molecule has 20 heavy (non-hydrogen) atoms. The first-order valence-corrected chi connectivity index (χ1v) is 6.73. The predicted octanol–water partition coefficient (Wildman–Crippen LogP) is 3.46. The van der Waals surface area contributed by atoms with Crippen LogP contribution in [0.15, 0.2) is 42.5 Å². The van der Waals surface area contributed by atoms with Gasteiger partial charge in [0.1, 0.15) is 5.75 Å². The Morgan fingerprint density at radius 1 is 1.10 bits per heavy atom. The quantitative estimate of drug-likeness (QED) is 0.875. The smallest absolute Gasteiger partial charge is 0.124 e. The minimum Gasteiger partial charge on any atom is -0.496 e. The van der Waals surface area contributed by atoms with Gasteiger partial charge in [-0.3, -0.25) is 0 Å². The molecular formula is C17H21NO2. The fourth-order valence-corrected chi connectivity index (χ4v) is 2.19. The standard InChI is InChI=1S/C17H21NO2/c1-12-5-4-6-14(9-12)18-11-16(19)15-10-13(2)7-8-17(15)20-3/h4-10,16,18-19H,11H2,1-3H3. The number of nitrogens with one attached hydrogen (secondary N) is 1. The van der Waals surface area contributed by atoms with Gasteiger partial charge in [-0.25, -0.2) is 0 Å². The van der Waals surface area contributed by atoms with Gasteiger partial charge in [0.25, 0.3) is 0 Å². The van der Waals surface area contributed by atoms with E-state index in [2.05, 4.69) is 11.4 Å². The van der Waals surface area contributed by atoms with Gasteiger partial charge in [0.05, 0.1) is 13.2 Å². The van der Waals surface area contributed by atoms with E-state index in [4.69, 9.17) is 4.74 Å². The van der Waals surface area contributed by atoms with Gasteiger partial charge in [-0.05, 0) is 43.7 Å². The average Bonchev–Trinajstić information content (AvgIpc) is 2.45. The van der Waals surface area contributed by atoms with Crippen LogP contribution in [0.5, 0.6) is 5.75 Å². The molecule has 106 valence electrons. The number of benzene rings is 2. The summed E-state index contributed by atoms with van der Waals surface area (Å²) in [6.45, 7) is 4.50. The minimum atomic E-state index is -0.606. The van der Waals surface area contributed by atoms with E-state index in [0.29, 0.717) is 12.3 Å². The summed E-state index contributed by atoms with van der Waals surface area (Å²) in [4.78, 5) is 0. The largest absolute Gasteiger partial charge is 0.496 e. The summed E-state index contributed by atoms with van der Waals surface area (Å²) >= 11 is 0. The van der Waals surface area contributed by atoms with Crippen molar-refractivity contribution in [2.75, 3.05) is 19.0 Å². The van der Waals surface area contributed by atoms with E-state index in [0.717, 1.165) is 16.8 Å². The zero-order valence-electron chi connectivity index (χ0n) is 12.2. The fraction of sp³-hybridized carbons (Fsp3) is 0.294. The van der Waals surface area contributed by atoms with E-state index in [1.807, 2.05) is 50.2 Å². The molecule has 1 atom stereocenters. The Morgan fingerprint density at radius 3 is 2.55 bits per heavy atom. The lowest BCUT2D eigenvalue weighted by atomic mass is 10.0. The second-order valence-corrected chi connectivity index (χ2v) is 5.01. The third kappa shape index (κ3) is 3.52. The number of ether oxygens (including phenoxy) is 1. The molecule has 2 aromatic rings. The number of rotatable bonds is 5. The van der Waals surface area contributed by atoms with Crippen molar-refractivity contribution in [2.24, 2.45) is 0 Å². The van der Waals surface area contributed by atoms with Gasteiger partial charge >= 0.3 is 0 Å². The van der Waals surface area contributed by atoms with E-state index in [1.165, 1.54) is 5.56 Å². The van der Waals surface area contributed by atoms with Crippen LogP contribution in [0.2, 0.25) is 0 Å². The molecule has 2 N–H and O–H groups in total. The lowest BCUT2D eigenvalue weighted by molar-refractivity contribution is 0.187. The Kier molecular flexibility index (Phi) is 4.64. The zero-order valence-corrected chi connectivity index (χ0v) is 12.2. The number of aliphatic hydroxyl groups excluding tert-OH is 1. The Bertz CT molecular complexity index is 581. The maximum atomic E-state index is 10.3. The number of aryl methyl sites for hydroxylation is 2. The van der Waals surface area contributed by atoms with Crippen LogP contribution in [0.1, 0.15) is 22.8 Å². The van der Waals surface area contributed by atoms with Crippen LogP contribution in [0.3, 0.4) is 0 Å². The monoisotopic (exact) mass is 271 g/mol. The van der Waals surface area contributed by atoms with Gasteiger partial charge in [-0.2, -0.15) is 0 Å². The van der Waals surface area contributed by atoms with E-state index in [-0.39, 0.29) is 0 Å². The maximum absolute atomic E-state index is 10.3. The van der Waals surface area contributed by atoms with Crippen molar-refractivity contribution in [1.82, 2.24) is 0 Å². The van der Waals surface area contributed by atoms with E-state index in [9.17, 15) is 5.11 Å². The molecule has 0 saturated heterocycles. The molecule has 0 aliphatic heterocycles. The number of methoxy groups -OCH3 is 1. The van der Waals surface area contributed by atoms with Crippen molar-refractivity contribution in [3.8, 4) is 5.75 Å². The topological polar surface area (TPSA) is 41.5 Å². The van der Waals surface area contributed by atoms with Crippen molar-refractivity contribution >= 4 is 5.69 Å². The molecule has 2 rings (SSSR count). The Labute approximate surface area is 120 Å². The van der Waals surface area contributed by atoms with Crippen LogP contribution in [-0.4, -0.2) is 18.8 Å². The molecule has 0 amide bonds. The highest BCUT2D eigenvalue weighted by molar-refractivity contribution is 5.46. The average molecular weight is 271 g/mol. The van der Waals surface area contributed by atoms with Crippen molar-refractivity contribution in [3.05, 3.63) is 59.2 Å². The van der Waals surface area contributed by atoms with Crippen LogP contribution < -0.4 is 10.1 Å². The molecule has 1 unspecified atom stereocenters. The second kappa shape index (κ2) is 6.44. The summed E-state index contributed by atoms with van der Waals surface area (Å²) in [7, 11) is 1.62. The predicted molar refractivity (Wildman–Crippen MR) is 82.4 cm³/mol. The van der Waals surface area contributed by atoms with Crippen molar-refractivity contribution in [1.29, 1.82) is 0 Å². The highest BCUT2D eigenvalue weighted by atomic mass is 16.5. The fourth-order valence-electron chi connectivity index (χ4n) is 2.19. The summed E-state index contributed by atoms with van der Waals surface area (Å²) in [5.41, 5.74) is 4.12. The summed E-state index contributed by atoms with van der Waals surface area (Å²) in [6, 6.07) is 13.9. The highest BCUT2D eigenvalue weighted by Gasteiger charge is 2.13. The van der Waals surface area contributed by atoms with E-state index >= 15 is 0 Å². The molecule has 0 spiro atoms. The molecule has 2 aromatic carbocycles.